The van der Waals surface area contributed by atoms with Gasteiger partial charge in [-0.15, -0.1) is 0 Å². The third-order valence-electron chi connectivity index (χ3n) is 3.53. The van der Waals surface area contributed by atoms with Crippen LogP contribution in [0, 0.1) is 17.5 Å². The summed E-state index contributed by atoms with van der Waals surface area (Å²) in [6.45, 7) is 1.49. The Bertz CT molecular complexity index is 833. The average Bonchev–Trinajstić information content (AvgIpc) is 2.62. The first-order valence-corrected chi connectivity index (χ1v) is 7.78. The molecular formula is C17H16ClF3N2O3. The first-order chi connectivity index (χ1) is 12.3. The molecule has 0 saturated heterocycles. The monoisotopic (exact) mass is 388 g/mol. The molecule has 0 unspecified atom stereocenters. The van der Waals surface area contributed by atoms with Crippen LogP contribution < -0.4 is 20.1 Å². The fourth-order valence-electron chi connectivity index (χ4n) is 2.14. The summed E-state index contributed by atoms with van der Waals surface area (Å²) in [4.78, 5) is 12.2. The van der Waals surface area contributed by atoms with E-state index in [2.05, 4.69) is 10.6 Å². The van der Waals surface area contributed by atoms with Gasteiger partial charge in [0.05, 0.1) is 30.6 Å². The van der Waals surface area contributed by atoms with Crippen molar-refractivity contribution in [3.8, 4) is 11.5 Å². The van der Waals surface area contributed by atoms with Crippen molar-refractivity contribution in [2.45, 2.75) is 13.0 Å². The lowest BCUT2D eigenvalue weighted by Crippen LogP contribution is -2.32. The number of halogens is 4. The molecule has 2 N–H and O–H groups in total. The van der Waals surface area contributed by atoms with Gasteiger partial charge in [0, 0.05) is 6.07 Å². The summed E-state index contributed by atoms with van der Waals surface area (Å²) in [5.41, 5.74) is -0.0750. The van der Waals surface area contributed by atoms with Crippen molar-refractivity contribution in [2.24, 2.45) is 0 Å². The summed E-state index contributed by atoms with van der Waals surface area (Å²) in [6, 6.07) is 3.81. The van der Waals surface area contributed by atoms with Crippen molar-refractivity contribution in [1.29, 1.82) is 0 Å². The first kappa shape index (κ1) is 19.7. The Balaban J connectivity index is 2.17. The Morgan fingerprint density at radius 1 is 1.04 bits per heavy atom. The number of carbonyl (C=O) groups excluding carboxylic acids is 1. The number of hydrogen-bond donors (Lipinski definition) is 2. The second-order valence-electron chi connectivity index (χ2n) is 5.27. The van der Waals surface area contributed by atoms with E-state index in [-0.39, 0.29) is 5.02 Å². The minimum atomic E-state index is -1.66. The zero-order valence-electron chi connectivity index (χ0n) is 14.1. The second kappa shape index (κ2) is 8.18. The number of nitrogens with one attached hydrogen (secondary N) is 2. The molecule has 0 bridgehead atoms. The van der Waals surface area contributed by atoms with Crippen molar-refractivity contribution in [3.63, 3.8) is 0 Å². The lowest BCUT2D eigenvalue weighted by molar-refractivity contribution is -0.116. The lowest BCUT2D eigenvalue weighted by Gasteiger charge is -2.19. The molecule has 9 heteroatoms. The van der Waals surface area contributed by atoms with E-state index >= 15 is 0 Å². The number of anilines is 2. The molecule has 0 aliphatic heterocycles. The highest BCUT2D eigenvalue weighted by Crippen LogP contribution is 2.36. The SMILES string of the molecule is COc1cc(OC)c(N[C@H](C)C(=O)Nc2ccc(F)c(F)c2F)cc1Cl. The Hall–Kier alpha value is -2.61. The topological polar surface area (TPSA) is 59.6 Å². The minimum Gasteiger partial charge on any atom is -0.495 e. The zero-order chi connectivity index (χ0) is 19.4. The van der Waals surface area contributed by atoms with Crippen molar-refractivity contribution >= 4 is 28.9 Å². The average molecular weight is 389 g/mol. The maximum atomic E-state index is 13.7. The Morgan fingerprint density at radius 2 is 1.69 bits per heavy atom. The van der Waals surface area contributed by atoms with Crippen LogP contribution in [0.2, 0.25) is 5.02 Å². The van der Waals surface area contributed by atoms with Crippen LogP contribution in [0.1, 0.15) is 6.92 Å². The highest BCUT2D eigenvalue weighted by Gasteiger charge is 2.20. The van der Waals surface area contributed by atoms with E-state index in [9.17, 15) is 18.0 Å². The van der Waals surface area contributed by atoms with Crippen LogP contribution in [-0.2, 0) is 4.79 Å². The van der Waals surface area contributed by atoms with Crippen LogP contribution in [0.15, 0.2) is 24.3 Å². The van der Waals surface area contributed by atoms with Gasteiger partial charge in [-0.2, -0.15) is 0 Å². The molecule has 26 heavy (non-hydrogen) atoms. The summed E-state index contributed by atoms with van der Waals surface area (Å²) in [5, 5.41) is 5.33. The molecule has 2 aromatic carbocycles. The molecule has 0 heterocycles. The molecule has 0 spiro atoms. The molecule has 0 radical (unpaired) electrons. The minimum absolute atomic E-state index is 0.287. The summed E-state index contributed by atoms with van der Waals surface area (Å²) in [7, 11) is 2.87. The molecule has 1 amide bonds. The summed E-state index contributed by atoms with van der Waals surface area (Å²) in [6.07, 6.45) is 0. The highest BCUT2D eigenvalue weighted by atomic mass is 35.5. The molecule has 5 nitrogen and oxygen atoms in total. The number of amides is 1. The molecule has 0 aliphatic carbocycles. The largest absolute Gasteiger partial charge is 0.495 e. The fourth-order valence-corrected chi connectivity index (χ4v) is 2.38. The van der Waals surface area contributed by atoms with Gasteiger partial charge in [0.15, 0.2) is 17.5 Å². The van der Waals surface area contributed by atoms with Gasteiger partial charge in [-0.1, -0.05) is 11.6 Å². The number of carbonyl (C=O) groups is 1. The third kappa shape index (κ3) is 4.13. The summed E-state index contributed by atoms with van der Waals surface area (Å²) in [5.74, 6) is -4.41. The van der Waals surface area contributed by atoms with Crippen molar-refractivity contribution < 1.29 is 27.4 Å². The fraction of sp³-hybridized carbons (Fsp3) is 0.235. The maximum absolute atomic E-state index is 13.7. The molecule has 0 saturated carbocycles. The van der Waals surface area contributed by atoms with Gasteiger partial charge in [-0.25, -0.2) is 13.2 Å². The molecule has 2 rings (SSSR count). The standard InChI is InChI=1S/C17H16ClF3N2O3/c1-8(17(24)23-11-5-4-10(19)15(20)16(11)21)22-12-6-9(18)13(25-2)7-14(12)26-3/h4-8,22H,1-3H3,(H,23,24)/t8-/m1/s1. The highest BCUT2D eigenvalue weighted by molar-refractivity contribution is 6.32. The molecular weight excluding hydrogens is 373 g/mol. The van der Waals surface area contributed by atoms with E-state index < -0.39 is 35.1 Å². The normalized spacial score (nSPS) is 11.7. The molecule has 2 aromatic rings. The smallest absolute Gasteiger partial charge is 0.246 e. The van der Waals surface area contributed by atoms with Gasteiger partial charge in [0.25, 0.3) is 0 Å². The zero-order valence-corrected chi connectivity index (χ0v) is 14.9. The Kier molecular flexibility index (Phi) is 6.20. The molecule has 1 atom stereocenters. The molecule has 140 valence electrons. The Labute approximate surface area is 153 Å². The van der Waals surface area contributed by atoms with Crippen LogP contribution in [0.5, 0.6) is 11.5 Å². The number of methoxy groups -OCH3 is 2. The van der Waals surface area contributed by atoms with Crippen LogP contribution in [0.3, 0.4) is 0 Å². The number of rotatable bonds is 6. The van der Waals surface area contributed by atoms with Crippen molar-refractivity contribution in [1.82, 2.24) is 0 Å². The van der Waals surface area contributed by atoms with Gasteiger partial charge < -0.3 is 20.1 Å². The second-order valence-corrected chi connectivity index (χ2v) is 5.67. The maximum Gasteiger partial charge on any atom is 0.246 e. The van der Waals surface area contributed by atoms with Crippen LogP contribution in [-0.4, -0.2) is 26.2 Å². The summed E-state index contributed by atoms with van der Waals surface area (Å²) >= 11 is 6.06. The van der Waals surface area contributed by atoms with Crippen LogP contribution in [0.4, 0.5) is 24.5 Å². The molecule has 0 aromatic heterocycles. The number of hydrogen-bond acceptors (Lipinski definition) is 4. The van der Waals surface area contributed by atoms with E-state index in [1.807, 2.05) is 0 Å². The van der Waals surface area contributed by atoms with Crippen molar-refractivity contribution in [3.05, 3.63) is 46.7 Å². The van der Waals surface area contributed by atoms with Gasteiger partial charge >= 0.3 is 0 Å². The molecule has 0 fully saturated rings. The quantitative estimate of drug-likeness (QED) is 0.728. The van der Waals surface area contributed by atoms with E-state index in [0.717, 1.165) is 12.1 Å². The van der Waals surface area contributed by atoms with E-state index in [1.54, 1.807) is 0 Å². The van der Waals surface area contributed by atoms with Crippen LogP contribution in [0.25, 0.3) is 0 Å². The lowest BCUT2D eigenvalue weighted by atomic mass is 10.2. The number of ether oxygens (including phenoxy) is 2. The van der Waals surface area contributed by atoms with E-state index in [1.165, 1.54) is 33.3 Å². The predicted octanol–water partition coefficient (Wildman–Crippen LogP) is 4.21. The molecule has 0 aliphatic rings. The first-order valence-electron chi connectivity index (χ1n) is 7.40. The van der Waals surface area contributed by atoms with Gasteiger partial charge in [0.2, 0.25) is 5.91 Å². The van der Waals surface area contributed by atoms with Crippen LogP contribution >= 0.6 is 11.6 Å². The third-order valence-corrected chi connectivity index (χ3v) is 3.83. The number of benzene rings is 2. The van der Waals surface area contributed by atoms with Gasteiger partial charge in [0.1, 0.15) is 17.5 Å². The van der Waals surface area contributed by atoms with Crippen molar-refractivity contribution in [2.75, 3.05) is 24.9 Å². The van der Waals surface area contributed by atoms with E-state index in [0.29, 0.717) is 17.2 Å². The van der Waals surface area contributed by atoms with E-state index in [4.69, 9.17) is 21.1 Å². The van der Waals surface area contributed by atoms with Gasteiger partial charge in [-0.3, -0.25) is 4.79 Å². The predicted molar refractivity (Wildman–Crippen MR) is 92.6 cm³/mol. The summed E-state index contributed by atoms with van der Waals surface area (Å²) < 4.78 is 50.1. The Morgan fingerprint density at radius 3 is 2.31 bits per heavy atom. The van der Waals surface area contributed by atoms with Gasteiger partial charge in [-0.05, 0) is 25.1 Å².